The number of benzene rings is 1. The van der Waals surface area contributed by atoms with Crippen LogP contribution in [0.3, 0.4) is 0 Å². The summed E-state index contributed by atoms with van der Waals surface area (Å²) in [6.07, 6.45) is 2.03. The van der Waals surface area contributed by atoms with Crippen molar-refractivity contribution in [1.82, 2.24) is 15.5 Å². The maximum absolute atomic E-state index is 14.5. The Hall–Kier alpha value is -3.32. The monoisotopic (exact) mass is 598 g/mol. The first kappa shape index (κ1) is 30.6. The Morgan fingerprint density at radius 1 is 1.22 bits per heavy atom. The normalized spacial score (nSPS) is 24.6. The van der Waals surface area contributed by atoms with Crippen LogP contribution in [0.2, 0.25) is 5.02 Å². The molecule has 4 atom stereocenters. The number of hydrogen-bond donors (Lipinski definition) is 3. The van der Waals surface area contributed by atoms with Gasteiger partial charge in [-0.25, -0.2) is 8.78 Å². The maximum atomic E-state index is 14.5. The van der Waals surface area contributed by atoms with Crippen LogP contribution in [0, 0.1) is 5.92 Å². The Kier molecular flexibility index (Phi) is 9.48. The Morgan fingerprint density at radius 2 is 1.93 bits per heavy atom. The largest absolute Gasteiger partial charge is 0.433 e. The minimum absolute atomic E-state index is 0.0688. The van der Waals surface area contributed by atoms with Crippen molar-refractivity contribution in [3.05, 3.63) is 28.8 Å². The van der Waals surface area contributed by atoms with Gasteiger partial charge in [0.25, 0.3) is 11.8 Å². The van der Waals surface area contributed by atoms with E-state index < -0.39 is 67.0 Å². The summed E-state index contributed by atoms with van der Waals surface area (Å²) in [6.45, 7) is 1.96. The summed E-state index contributed by atoms with van der Waals surface area (Å²) in [5.74, 6) is -6.42. The quantitative estimate of drug-likeness (QED) is 0.371. The van der Waals surface area contributed by atoms with Gasteiger partial charge in [-0.15, -0.1) is 0 Å². The standard InChI is InChI=1S/C27H33ClF2N4O7/c1-14(31-23(37)17-7-8-19(18(28)9-17)32-15(2)35)25(39)34-13-27(29,30)11-21(34)24(38)33-20-10-22(36)41-26(20)40-12-16-5-3-4-6-16/h7-9,14,16,20-21,26H,3-6,10-13H2,1-2H3,(H,31,37)(H,32,35)(H,33,38)/t14-,20?,21-,26+/m0/s1. The van der Waals surface area contributed by atoms with E-state index in [-0.39, 0.29) is 28.6 Å². The zero-order valence-electron chi connectivity index (χ0n) is 22.7. The molecule has 0 bridgehead atoms. The second kappa shape index (κ2) is 12.7. The van der Waals surface area contributed by atoms with Crippen molar-refractivity contribution in [3.8, 4) is 0 Å². The van der Waals surface area contributed by atoms with Crippen LogP contribution in [0.5, 0.6) is 0 Å². The Labute approximate surface area is 240 Å². The van der Waals surface area contributed by atoms with E-state index in [2.05, 4.69) is 16.0 Å². The molecular formula is C27H33ClF2N4O7. The number of alkyl halides is 2. The van der Waals surface area contributed by atoms with Gasteiger partial charge in [-0.3, -0.25) is 24.0 Å². The number of anilines is 1. The molecule has 0 aromatic heterocycles. The summed E-state index contributed by atoms with van der Waals surface area (Å²) in [4.78, 5) is 63.0. The van der Waals surface area contributed by atoms with Gasteiger partial charge in [0.1, 0.15) is 18.1 Å². The van der Waals surface area contributed by atoms with Crippen LogP contribution in [0.1, 0.15) is 62.7 Å². The Bertz CT molecular complexity index is 1210. The maximum Gasteiger partial charge on any atom is 0.310 e. The smallest absolute Gasteiger partial charge is 0.310 e. The molecule has 0 radical (unpaired) electrons. The molecule has 2 heterocycles. The van der Waals surface area contributed by atoms with Crippen molar-refractivity contribution in [2.45, 2.75) is 82.7 Å². The van der Waals surface area contributed by atoms with Crippen molar-refractivity contribution in [2.24, 2.45) is 5.92 Å². The van der Waals surface area contributed by atoms with Gasteiger partial charge in [0.05, 0.1) is 30.3 Å². The number of carbonyl (C=O) groups is 5. The lowest BCUT2D eigenvalue weighted by molar-refractivity contribution is -0.168. The number of rotatable bonds is 9. The fraction of sp³-hybridized carbons (Fsp3) is 0.593. The minimum Gasteiger partial charge on any atom is -0.433 e. The molecule has 1 unspecified atom stereocenters. The Morgan fingerprint density at radius 3 is 2.59 bits per heavy atom. The number of amides is 4. The molecule has 2 aliphatic heterocycles. The van der Waals surface area contributed by atoms with Crippen LogP contribution in [-0.4, -0.2) is 78.0 Å². The van der Waals surface area contributed by atoms with Gasteiger partial charge in [-0.05, 0) is 43.9 Å². The van der Waals surface area contributed by atoms with Gasteiger partial charge in [0.15, 0.2) is 0 Å². The summed E-state index contributed by atoms with van der Waals surface area (Å²) in [7, 11) is 0. The van der Waals surface area contributed by atoms with E-state index in [1.807, 2.05) is 0 Å². The molecule has 41 heavy (non-hydrogen) atoms. The fourth-order valence-corrected chi connectivity index (χ4v) is 5.54. The third-order valence-corrected chi connectivity index (χ3v) is 7.69. The van der Waals surface area contributed by atoms with E-state index in [0.29, 0.717) is 12.5 Å². The molecule has 4 rings (SSSR count). The highest BCUT2D eigenvalue weighted by atomic mass is 35.5. The molecule has 3 fully saturated rings. The zero-order chi connectivity index (χ0) is 29.9. The van der Waals surface area contributed by atoms with Gasteiger partial charge < -0.3 is 30.3 Å². The number of likely N-dealkylation sites (tertiary alicyclic amines) is 1. The number of ether oxygens (including phenoxy) is 2. The molecule has 4 amide bonds. The second-order valence-electron chi connectivity index (χ2n) is 10.8. The fourth-order valence-electron chi connectivity index (χ4n) is 5.31. The predicted octanol–water partition coefficient (Wildman–Crippen LogP) is 2.62. The van der Waals surface area contributed by atoms with Crippen LogP contribution in [-0.2, 0) is 28.7 Å². The number of esters is 1. The molecule has 2 saturated heterocycles. The summed E-state index contributed by atoms with van der Waals surface area (Å²) < 4.78 is 39.9. The lowest BCUT2D eigenvalue weighted by Gasteiger charge is -2.28. The van der Waals surface area contributed by atoms with Crippen molar-refractivity contribution < 1.29 is 42.2 Å². The highest BCUT2D eigenvalue weighted by Crippen LogP contribution is 2.33. The second-order valence-corrected chi connectivity index (χ2v) is 11.2. The first-order valence-corrected chi connectivity index (χ1v) is 13.9. The van der Waals surface area contributed by atoms with Gasteiger partial charge >= 0.3 is 5.97 Å². The lowest BCUT2D eigenvalue weighted by atomic mass is 10.1. The van der Waals surface area contributed by atoms with Crippen LogP contribution in [0.25, 0.3) is 0 Å². The highest BCUT2D eigenvalue weighted by molar-refractivity contribution is 6.34. The number of cyclic esters (lactones) is 1. The van der Waals surface area contributed by atoms with Crippen molar-refractivity contribution in [2.75, 3.05) is 18.5 Å². The number of carbonyl (C=O) groups excluding carboxylic acids is 5. The molecule has 1 saturated carbocycles. The number of nitrogens with one attached hydrogen (secondary N) is 3. The molecule has 3 N–H and O–H groups in total. The van der Waals surface area contributed by atoms with Gasteiger partial charge in [0, 0.05) is 18.9 Å². The number of nitrogens with zero attached hydrogens (tertiary/aromatic N) is 1. The first-order chi connectivity index (χ1) is 19.3. The molecule has 1 aliphatic carbocycles. The van der Waals surface area contributed by atoms with Crippen molar-refractivity contribution in [1.29, 1.82) is 0 Å². The lowest BCUT2D eigenvalue weighted by Crippen LogP contribution is -2.54. The molecule has 224 valence electrons. The SMILES string of the molecule is CC(=O)Nc1ccc(C(=O)N[C@@H](C)C(=O)N2CC(F)(F)C[C@H]2C(=O)NC2CC(=O)O[C@H]2OCC2CCCC2)cc1Cl. The van der Waals surface area contributed by atoms with Crippen LogP contribution in [0.4, 0.5) is 14.5 Å². The summed E-state index contributed by atoms with van der Waals surface area (Å²) in [5, 5.41) is 7.59. The van der Waals surface area contributed by atoms with Crippen molar-refractivity contribution in [3.63, 3.8) is 0 Å². The summed E-state index contributed by atoms with van der Waals surface area (Å²) >= 11 is 6.11. The van der Waals surface area contributed by atoms with Crippen LogP contribution < -0.4 is 16.0 Å². The molecular weight excluding hydrogens is 566 g/mol. The molecule has 14 heteroatoms. The Balaban J connectivity index is 1.38. The third-order valence-electron chi connectivity index (χ3n) is 7.38. The molecule has 1 aromatic carbocycles. The average Bonchev–Trinajstić information content (AvgIpc) is 3.61. The summed E-state index contributed by atoms with van der Waals surface area (Å²) in [5.41, 5.74) is 0.355. The predicted molar refractivity (Wildman–Crippen MR) is 142 cm³/mol. The van der Waals surface area contributed by atoms with E-state index in [4.69, 9.17) is 21.1 Å². The van der Waals surface area contributed by atoms with Crippen molar-refractivity contribution >= 4 is 46.9 Å². The van der Waals surface area contributed by atoms with E-state index in [1.54, 1.807) is 0 Å². The minimum atomic E-state index is -3.34. The zero-order valence-corrected chi connectivity index (χ0v) is 23.5. The molecule has 3 aliphatic rings. The number of hydrogen-bond acceptors (Lipinski definition) is 7. The number of halogens is 3. The molecule has 0 spiro atoms. The van der Waals surface area contributed by atoms with Crippen LogP contribution in [0.15, 0.2) is 18.2 Å². The van der Waals surface area contributed by atoms with Crippen LogP contribution >= 0.6 is 11.6 Å². The average molecular weight is 599 g/mol. The highest BCUT2D eigenvalue weighted by Gasteiger charge is 2.51. The van der Waals surface area contributed by atoms with E-state index in [9.17, 15) is 32.8 Å². The van der Waals surface area contributed by atoms with E-state index >= 15 is 0 Å². The van der Waals surface area contributed by atoms with E-state index in [1.165, 1.54) is 32.0 Å². The molecule has 11 nitrogen and oxygen atoms in total. The van der Waals surface area contributed by atoms with E-state index in [0.717, 1.165) is 30.6 Å². The van der Waals surface area contributed by atoms with Gasteiger partial charge in [-0.1, -0.05) is 24.4 Å². The van der Waals surface area contributed by atoms with Gasteiger partial charge in [-0.2, -0.15) is 0 Å². The molecule has 1 aromatic rings. The summed E-state index contributed by atoms with van der Waals surface area (Å²) in [6, 6.07) is 0.392. The third kappa shape index (κ3) is 7.70. The van der Waals surface area contributed by atoms with Gasteiger partial charge in [0.2, 0.25) is 24.0 Å². The first-order valence-electron chi connectivity index (χ1n) is 13.5. The topological polar surface area (TPSA) is 143 Å².